The molecule has 2 unspecified atom stereocenters. The molecule has 3 aromatic rings. The highest BCUT2D eigenvalue weighted by Gasteiger charge is 2.27. The summed E-state index contributed by atoms with van der Waals surface area (Å²) >= 11 is 0. The van der Waals surface area contributed by atoms with Gasteiger partial charge in [0.2, 0.25) is 5.91 Å². The normalized spacial score (nSPS) is 13.3. The van der Waals surface area contributed by atoms with E-state index in [4.69, 9.17) is 0 Å². The van der Waals surface area contributed by atoms with Crippen LogP contribution in [0.25, 0.3) is 11.0 Å². The number of carboxylic acids is 1. The van der Waals surface area contributed by atoms with Gasteiger partial charge in [-0.3, -0.25) is 18.7 Å². The molecule has 1 amide bonds. The first-order valence-corrected chi connectivity index (χ1v) is 8.61. The molecule has 2 atom stereocenters. The number of carbonyl (C=O) groups excluding carboxylic acids is 1. The summed E-state index contributed by atoms with van der Waals surface area (Å²) in [6.07, 6.45) is 0. The molecule has 1 aromatic heterocycles. The second kappa shape index (κ2) is 7.49. The molecule has 0 aliphatic rings. The number of carboxylic acid groups (broad SMARTS) is 1. The van der Waals surface area contributed by atoms with E-state index in [0.29, 0.717) is 11.1 Å². The Morgan fingerprint density at radius 3 is 2.26 bits per heavy atom. The molecule has 0 aliphatic heterocycles. The number of benzene rings is 2. The minimum Gasteiger partial charge on any atom is -0.481 e. The number of rotatable bonds is 6. The number of nitrogens with zero attached hydrogens (tertiary/aromatic N) is 2. The maximum Gasteiger partial charge on any atom is 0.329 e. The van der Waals surface area contributed by atoms with Crippen molar-refractivity contribution in [1.29, 1.82) is 0 Å². The van der Waals surface area contributed by atoms with Gasteiger partial charge in [-0.15, -0.1) is 0 Å². The number of amides is 1. The van der Waals surface area contributed by atoms with Crippen LogP contribution < -0.4 is 11.0 Å². The van der Waals surface area contributed by atoms with Gasteiger partial charge in [0.25, 0.3) is 0 Å². The van der Waals surface area contributed by atoms with Crippen molar-refractivity contribution in [3.05, 3.63) is 70.6 Å². The maximum atomic E-state index is 12.7. The topological polar surface area (TPSA) is 93.3 Å². The van der Waals surface area contributed by atoms with Crippen molar-refractivity contribution < 1.29 is 14.7 Å². The Morgan fingerprint density at radius 2 is 1.63 bits per heavy atom. The minimum atomic E-state index is -1.01. The van der Waals surface area contributed by atoms with Crippen LogP contribution in [0.15, 0.2) is 59.4 Å². The molecule has 2 aromatic carbocycles. The van der Waals surface area contributed by atoms with Gasteiger partial charge in [-0.1, -0.05) is 42.5 Å². The Kier molecular flexibility index (Phi) is 5.12. The van der Waals surface area contributed by atoms with Crippen LogP contribution in [-0.4, -0.2) is 26.1 Å². The molecule has 0 radical (unpaired) electrons. The van der Waals surface area contributed by atoms with Gasteiger partial charge in [0.1, 0.15) is 6.54 Å². The number of hydrogen-bond donors (Lipinski definition) is 2. The Balaban J connectivity index is 1.89. The summed E-state index contributed by atoms with van der Waals surface area (Å²) in [6.45, 7) is 1.36. The van der Waals surface area contributed by atoms with Gasteiger partial charge < -0.3 is 10.4 Å². The highest BCUT2D eigenvalue weighted by Crippen LogP contribution is 2.22. The minimum absolute atomic E-state index is 0.185. The summed E-state index contributed by atoms with van der Waals surface area (Å²) in [5.74, 6) is -2.25. The Bertz CT molecular complexity index is 1040. The summed E-state index contributed by atoms with van der Waals surface area (Å²) in [4.78, 5) is 36.6. The molecular weight excluding hydrogens is 346 g/mol. The Morgan fingerprint density at radius 1 is 1.04 bits per heavy atom. The van der Waals surface area contributed by atoms with E-state index in [-0.39, 0.29) is 12.2 Å². The Hall–Kier alpha value is -3.35. The van der Waals surface area contributed by atoms with Crippen molar-refractivity contribution in [3.63, 3.8) is 0 Å². The van der Waals surface area contributed by atoms with Crippen molar-refractivity contribution in [2.75, 3.05) is 0 Å². The molecule has 1 heterocycles. The van der Waals surface area contributed by atoms with Crippen molar-refractivity contribution in [2.45, 2.75) is 19.5 Å². The van der Waals surface area contributed by atoms with Crippen LogP contribution in [0.1, 0.15) is 18.5 Å². The molecule has 0 saturated carbocycles. The van der Waals surface area contributed by atoms with Gasteiger partial charge in [-0.2, -0.15) is 0 Å². The van der Waals surface area contributed by atoms with Gasteiger partial charge in [-0.25, -0.2) is 4.79 Å². The first kappa shape index (κ1) is 18.4. The molecule has 0 saturated heterocycles. The van der Waals surface area contributed by atoms with E-state index >= 15 is 0 Å². The lowest BCUT2D eigenvalue weighted by atomic mass is 9.94. The zero-order valence-corrected chi connectivity index (χ0v) is 15.1. The van der Waals surface area contributed by atoms with Crippen LogP contribution in [0.5, 0.6) is 0 Å². The third kappa shape index (κ3) is 3.62. The standard InChI is InChI=1S/C20H21N3O4/c1-13(19(25)26)18(14-8-4-3-5-9-14)21-17(24)12-23-16-11-7-6-10-15(16)22(2)20(23)27/h3-11,13,18H,12H2,1-2H3,(H,21,24)(H,25,26). The number of aromatic nitrogens is 2. The molecular formula is C20H21N3O4. The smallest absolute Gasteiger partial charge is 0.329 e. The zero-order valence-electron chi connectivity index (χ0n) is 15.1. The fourth-order valence-corrected chi connectivity index (χ4v) is 3.18. The lowest BCUT2D eigenvalue weighted by molar-refractivity contribution is -0.142. The Labute approximate surface area is 155 Å². The molecule has 27 heavy (non-hydrogen) atoms. The van der Waals surface area contributed by atoms with Crippen LogP contribution in [0, 0.1) is 5.92 Å². The average Bonchev–Trinajstić information content (AvgIpc) is 2.91. The van der Waals surface area contributed by atoms with E-state index < -0.39 is 23.8 Å². The number of carbonyl (C=O) groups is 2. The van der Waals surface area contributed by atoms with Gasteiger partial charge in [0, 0.05) is 7.05 Å². The fourth-order valence-electron chi connectivity index (χ4n) is 3.18. The van der Waals surface area contributed by atoms with Crippen LogP contribution in [-0.2, 0) is 23.2 Å². The highest BCUT2D eigenvalue weighted by molar-refractivity contribution is 5.82. The number of hydrogen-bond acceptors (Lipinski definition) is 3. The second-order valence-electron chi connectivity index (χ2n) is 6.50. The molecule has 7 nitrogen and oxygen atoms in total. The van der Waals surface area contributed by atoms with Crippen molar-refractivity contribution >= 4 is 22.9 Å². The van der Waals surface area contributed by atoms with E-state index in [1.54, 1.807) is 50.4 Å². The maximum absolute atomic E-state index is 12.7. The van der Waals surface area contributed by atoms with Gasteiger partial charge in [0.15, 0.2) is 0 Å². The SMILES string of the molecule is CC(C(=O)O)C(NC(=O)Cn1c(=O)n(C)c2ccccc21)c1ccccc1. The van der Waals surface area contributed by atoms with Gasteiger partial charge >= 0.3 is 11.7 Å². The summed E-state index contributed by atoms with van der Waals surface area (Å²) < 4.78 is 2.87. The third-order valence-electron chi connectivity index (χ3n) is 4.72. The molecule has 2 N–H and O–H groups in total. The molecule has 0 bridgehead atoms. The number of nitrogens with one attached hydrogen (secondary N) is 1. The van der Waals surface area contributed by atoms with Crippen LogP contribution in [0.4, 0.5) is 0 Å². The average molecular weight is 367 g/mol. The van der Waals surface area contributed by atoms with Gasteiger partial charge in [-0.05, 0) is 24.6 Å². The summed E-state index contributed by atoms with van der Waals surface area (Å²) in [7, 11) is 1.65. The van der Waals surface area contributed by atoms with E-state index in [1.807, 2.05) is 18.2 Å². The molecule has 0 fully saturated rings. The third-order valence-corrected chi connectivity index (χ3v) is 4.72. The summed E-state index contributed by atoms with van der Waals surface area (Å²) in [5.41, 5.74) is 1.79. The van der Waals surface area contributed by atoms with E-state index in [2.05, 4.69) is 5.32 Å². The lowest BCUT2D eigenvalue weighted by Gasteiger charge is -2.23. The molecule has 0 spiro atoms. The van der Waals surface area contributed by atoms with Crippen LogP contribution in [0.2, 0.25) is 0 Å². The number of para-hydroxylation sites is 2. The van der Waals surface area contributed by atoms with Crippen LogP contribution in [0.3, 0.4) is 0 Å². The fraction of sp³-hybridized carbons (Fsp3) is 0.250. The largest absolute Gasteiger partial charge is 0.481 e. The molecule has 0 aliphatic carbocycles. The first-order valence-electron chi connectivity index (χ1n) is 8.61. The number of fused-ring (bicyclic) bond motifs is 1. The lowest BCUT2D eigenvalue weighted by Crippen LogP contribution is -2.39. The first-order chi connectivity index (χ1) is 12.9. The number of aliphatic carboxylic acids is 1. The van der Waals surface area contributed by atoms with Crippen molar-refractivity contribution in [1.82, 2.24) is 14.5 Å². The quantitative estimate of drug-likeness (QED) is 0.696. The van der Waals surface area contributed by atoms with E-state index in [9.17, 15) is 19.5 Å². The second-order valence-corrected chi connectivity index (χ2v) is 6.50. The zero-order chi connectivity index (χ0) is 19.6. The van der Waals surface area contributed by atoms with Crippen molar-refractivity contribution in [2.24, 2.45) is 13.0 Å². The van der Waals surface area contributed by atoms with Crippen LogP contribution >= 0.6 is 0 Å². The summed E-state index contributed by atoms with van der Waals surface area (Å²) in [6, 6.07) is 15.5. The highest BCUT2D eigenvalue weighted by atomic mass is 16.4. The number of aryl methyl sites for hydroxylation is 1. The monoisotopic (exact) mass is 367 g/mol. The molecule has 3 rings (SSSR count). The number of imidazole rings is 1. The summed E-state index contributed by atoms with van der Waals surface area (Å²) in [5, 5.41) is 12.2. The van der Waals surface area contributed by atoms with E-state index in [0.717, 1.165) is 5.52 Å². The molecule has 7 heteroatoms. The predicted octanol–water partition coefficient (Wildman–Crippen LogP) is 1.92. The van der Waals surface area contributed by atoms with E-state index in [1.165, 1.54) is 9.13 Å². The van der Waals surface area contributed by atoms with Crippen molar-refractivity contribution in [3.8, 4) is 0 Å². The predicted molar refractivity (Wildman–Crippen MR) is 101 cm³/mol. The molecule has 140 valence electrons. The van der Waals surface area contributed by atoms with Gasteiger partial charge in [0.05, 0.1) is 23.0 Å².